The second kappa shape index (κ2) is 7.72. The van der Waals surface area contributed by atoms with Crippen molar-refractivity contribution in [2.45, 2.75) is 18.2 Å². The van der Waals surface area contributed by atoms with Crippen LogP contribution in [0.2, 0.25) is 0 Å². The number of hydrogen-bond donors (Lipinski definition) is 0. The average molecular weight is 383 g/mol. The summed E-state index contributed by atoms with van der Waals surface area (Å²) in [5.41, 5.74) is 1.16. The number of halogens is 1. The van der Waals surface area contributed by atoms with E-state index in [2.05, 4.69) is 0 Å². The lowest BCUT2D eigenvalue weighted by molar-refractivity contribution is 0.100. The van der Waals surface area contributed by atoms with Gasteiger partial charge in [0.05, 0.1) is 10.6 Å². The Kier molecular flexibility index (Phi) is 5.37. The van der Waals surface area contributed by atoms with Crippen LogP contribution in [0.1, 0.15) is 22.8 Å². The van der Waals surface area contributed by atoms with Crippen LogP contribution in [-0.4, -0.2) is 14.3 Å². The van der Waals surface area contributed by atoms with Crippen molar-refractivity contribution in [1.29, 1.82) is 0 Å². The number of anilines is 1. The van der Waals surface area contributed by atoms with Crippen LogP contribution in [0.3, 0.4) is 0 Å². The van der Waals surface area contributed by atoms with Crippen LogP contribution in [0.15, 0.2) is 83.8 Å². The van der Waals surface area contributed by atoms with E-state index in [1.54, 1.807) is 42.5 Å². The van der Waals surface area contributed by atoms with E-state index in [1.165, 1.54) is 30.3 Å². The molecule has 0 aromatic heterocycles. The fourth-order valence-electron chi connectivity index (χ4n) is 2.67. The van der Waals surface area contributed by atoms with Crippen LogP contribution in [0, 0.1) is 5.82 Å². The van der Waals surface area contributed by atoms with Crippen LogP contribution in [0.25, 0.3) is 0 Å². The van der Waals surface area contributed by atoms with Crippen molar-refractivity contribution in [3.8, 4) is 0 Å². The maximum Gasteiger partial charge on any atom is 0.272 e. The van der Waals surface area contributed by atoms with Gasteiger partial charge in [0.1, 0.15) is 5.82 Å². The summed E-state index contributed by atoms with van der Waals surface area (Å²) >= 11 is 0. The van der Waals surface area contributed by atoms with E-state index >= 15 is 0 Å². The molecule has 0 aliphatic carbocycles. The number of nitrogens with zero attached hydrogens (tertiary/aromatic N) is 1. The first-order valence-electron chi connectivity index (χ1n) is 8.42. The van der Waals surface area contributed by atoms with Gasteiger partial charge in [-0.25, -0.2) is 12.8 Å². The number of benzene rings is 3. The zero-order chi connectivity index (χ0) is 19.4. The highest BCUT2D eigenvalue weighted by atomic mass is 32.2. The maximum absolute atomic E-state index is 13.6. The van der Waals surface area contributed by atoms with Crippen molar-refractivity contribution in [2.75, 3.05) is 4.31 Å². The Labute approximate surface area is 157 Å². The summed E-state index contributed by atoms with van der Waals surface area (Å²) in [6.45, 7) is 1.98. The molecule has 0 saturated carbocycles. The molecule has 0 spiro atoms. The van der Waals surface area contributed by atoms with Crippen molar-refractivity contribution in [1.82, 2.24) is 0 Å². The summed E-state index contributed by atoms with van der Waals surface area (Å²) in [6.07, 6.45) is 0.781. The molecular formula is C21H18FNO3S. The van der Waals surface area contributed by atoms with Gasteiger partial charge in [0, 0.05) is 5.56 Å². The van der Waals surface area contributed by atoms with E-state index in [-0.39, 0.29) is 16.1 Å². The molecule has 6 heteroatoms. The molecule has 0 unspecified atom stereocenters. The first-order chi connectivity index (χ1) is 12.9. The molecule has 0 aliphatic rings. The van der Waals surface area contributed by atoms with Gasteiger partial charge in [0.2, 0.25) is 0 Å². The third-order valence-corrected chi connectivity index (χ3v) is 5.84. The lowest BCUT2D eigenvalue weighted by Gasteiger charge is -2.23. The van der Waals surface area contributed by atoms with Gasteiger partial charge in [-0.1, -0.05) is 43.3 Å². The van der Waals surface area contributed by atoms with Crippen LogP contribution >= 0.6 is 0 Å². The van der Waals surface area contributed by atoms with Gasteiger partial charge >= 0.3 is 0 Å². The van der Waals surface area contributed by atoms with Gasteiger partial charge in [-0.3, -0.25) is 4.79 Å². The molecule has 0 heterocycles. The zero-order valence-corrected chi connectivity index (χ0v) is 15.5. The molecule has 3 rings (SSSR count). The number of amides is 1. The Bertz CT molecular complexity index is 1050. The molecule has 0 fully saturated rings. The topological polar surface area (TPSA) is 54.5 Å². The molecule has 4 nitrogen and oxygen atoms in total. The molecule has 0 N–H and O–H groups in total. The standard InChI is InChI=1S/C21H18FNO3S/c1-2-16-11-13-19(14-12-16)23(21(24)17-7-6-8-18(22)15-17)27(25,26)20-9-4-3-5-10-20/h3-15H,2H2,1H3. The van der Waals surface area contributed by atoms with Crippen molar-refractivity contribution < 1.29 is 17.6 Å². The normalized spacial score (nSPS) is 11.2. The SMILES string of the molecule is CCc1ccc(N(C(=O)c2cccc(F)c2)S(=O)(=O)c2ccccc2)cc1. The molecule has 0 aliphatic heterocycles. The highest BCUT2D eigenvalue weighted by molar-refractivity contribution is 7.93. The summed E-state index contributed by atoms with van der Waals surface area (Å²) in [4.78, 5) is 13.0. The first kappa shape index (κ1) is 18.8. The summed E-state index contributed by atoms with van der Waals surface area (Å²) in [6, 6.07) is 19.4. The van der Waals surface area contributed by atoms with Gasteiger partial charge in [-0.05, 0) is 54.4 Å². The summed E-state index contributed by atoms with van der Waals surface area (Å²) in [5, 5.41) is 0. The van der Waals surface area contributed by atoms with Gasteiger partial charge in [0.25, 0.3) is 15.9 Å². The minimum absolute atomic E-state index is 0.0191. The van der Waals surface area contributed by atoms with Crippen LogP contribution < -0.4 is 4.31 Å². The van der Waals surface area contributed by atoms with Gasteiger partial charge in [-0.2, -0.15) is 4.31 Å². The Morgan fingerprint density at radius 1 is 0.926 bits per heavy atom. The van der Waals surface area contributed by atoms with E-state index in [0.717, 1.165) is 22.4 Å². The molecule has 0 atom stereocenters. The Hall–Kier alpha value is -2.99. The molecule has 138 valence electrons. The van der Waals surface area contributed by atoms with Crippen LogP contribution in [0.5, 0.6) is 0 Å². The third-order valence-electron chi connectivity index (χ3n) is 4.12. The highest BCUT2D eigenvalue weighted by Gasteiger charge is 2.31. The second-order valence-electron chi connectivity index (χ2n) is 5.92. The van der Waals surface area contributed by atoms with E-state index in [0.29, 0.717) is 0 Å². The average Bonchev–Trinajstić information content (AvgIpc) is 2.69. The van der Waals surface area contributed by atoms with Gasteiger partial charge in [0.15, 0.2) is 0 Å². The van der Waals surface area contributed by atoms with Gasteiger partial charge < -0.3 is 0 Å². The summed E-state index contributed by atoms with van der Waals surface area (Å²) in [7, 11) is -4.17. The molecule has 3 aromatic rings. The number of rotatable bonds is 5. The molecule has 27 heavy (non-hydrogen) atoms. The zero-order valence-electron chi connectivity index (χ0n) is 14.7. The van der Waals surface area contributed by atoms with E-state index in [9.17, 15) is 17.6 Å². The Morgan fingerprint density at radius 3 is 2.19 bits per heavy atom. The molecule has 3 aromatic carbocycles. The number of carbonyl (C=O) groups is 1. The number of sulfonamides is 1. The fraction of sp³-hybridized carbons (Fsp3) is 0.0952. The maximum atomic E-state index is 13.6. The van der Waals surface area contributed by atoms with E-state index < -0.39 is 21.7 Å². The molecule has 1 amide bonds. The van der Waals surface area contributed by atoms with Gasteiger partial charge in [-0.15, -0.1) is 0 Å². The minimum atomic E-state index is -4.17. The van der Waals surface area contributed by atoms with Crippen molar-refractivity contribution in [3.05, 3.63) is 95.8 Å². The van der Waals surface area contributed by atoms with E-state index in [1.807, 2.05) is 6.92 Å². The first-order valence-corrected chi connectivity index (χ1v) is 9.86. The van der Waals surface area contributed by atoms with Crippen LogP contribution in [0.4, 0.5) is 10.1 Å². The minimum Gasteiger partial charge on any atom is -0.268 e. The van der Waals surface area contributed by atoms with Crippen molar-refractivity contribution >= 4 is 21.6 Å². The number of carbonyl (C=O) groups excluding carboxylic acids is 1. The predicted molar refractivity (Wildman–Crippen MR) is 103 cm³/mol. The fourth-order valence-corrected chi connectivity index (χ4v) is 4.10. The smallest absolute Gasteiger partial charge is 0.268 e. The number of hydrogen-bond acceptors (Lipinski definition) is 3. The van der Waals surface area contributed by atoms with E-state index in [4.69, 9.17) is 0 Å². The molecular weight excluding hydrogens is 365 g/mol. The molecule has 0 radical (unpaired) electrons. The second-order valence-corrected chi connectivity index (χ2v) is 7.70. The lowest BCUT2D eigenvalue weighted by Crippen LogP contribution is -2.37. The highest BCUT2D eigenvalue weighted by Crippen LogP contribution is 2.26. The molecule has 0 saturated heterocycles. The third kappa shape index (κ3) is 3.90. The Balaban J connectivity index is 2.15. The summed E-state index contributed by atoms with van der Waals surface area (Å²) < 4.78 is 40.7. The predicted octanol–water partition coefficient (Wildman–Crippen LogP) is 4.42. The monoisotopic (exact) mass is 383 g/mol. The lowest BCUT2D eigenvalue weighted by atomic mass is 10.1. The van der Waals surface area contributed by atoms with Crippen molar-refractivity contribution in [2.24, 2.45) is 0 Å². The quantitative estimate of drug-likeness (QED) is 0.655. The Morgan fingerprint density at radius 2 is 1.59 bits per heavy atom. The molecule has 0 bridgehead atoms. The van der Waals surface area contributed by atoms with Crippen molar-refractivity contribution in [3.63, 3.8) is 0 Å². The number of aryl methyl sites for hydroxylation is 1. The summed E-state index contributed by atoms with van der Waals surface area (Å²) in [5.74, 6) is -1.43. The van der Waals surface area contributed by atoms with Crippen LogP contribution in [-0.2, 0) is 16.4 Å². The largest absolute Gasteiger partial charge is 0.272 e.